The SMILES string of the molecule is CC(C)(C)OC(=O)N1CC[C@H](n2nc(-c3ccc(N)cc3)c3c(N)ncnc32)C1.Nc1ccc(-c2nn([C@H]3CCN(C(=O)Cc4cccc(C(F)(F)F)c4)C3)c3ncnc(N)c23)cc1.Nc1ncnc2c1c(-c1ccc(NC(=O)Nc3cccc(C(F)(F)F)c3)cc1)nn2[C@H]1CCN(C(=O)Cc2cccc(C(F)(F)F)c2)C1.Nc1ncnc2c1c(-c1ccc(NC(=O)Nc3cccc(C(F)(F)F)c3)cc1)nn2[C@H]1CCNC1. The molecule has 36 nitrogen and oxygen atoms in total. The largest absolute Gasteiger partial charge is 0.444 e. The molecular weight excluding hydrogens is 1930 g/mol. The van der Waals surface area contributed by atoms with Crippen LogP contribution < -0.4 is 61.0 Å². The minimum atomic E-state index is -4.56. The van der Waals surface area contributed by atoms with E-state index in [1.807, 2.05) is 66.5 Å². The number of nitrogen functional groups attached to an aromatic ring is 6. The number of carbonyl (C=O) groups is 5. The second-order valence-corrected chi connectivity index (χ2v) is 36.0. The van der Waals surface area contributed by atoms with Gasteiger partial charge in [0.05, 0.1) is 80.8 Å². The fraction of sp³-hybridized carbons (Fsp3) is 0.263. The van der Waals surface area contributed by atoms with Gasteiger partial charge in [-0.25, -0.2) is 73.0 Å². The number of fused-ring (bicyclic) bond motifs is 4. The standard InChI is InChI=1S/C32H26F6N8O2.C24H22F3N7O.C23H21F3N8O.C20H25N7O2/c33-31(34,35)20-4-1-3-18(13-20)14-25(47)45-12-11-24(16-45)46-29-26(28(39)40-17-41-29)27(44-46)19-7-9-22(10-8-19)42-30(48)43-23-6-2-5-21(15-23)32(36,37)38;25-24(26,27)16-3-1-2-14(10-16)11-19(35)33-9-8-18(12-33)34-23-20(22(29)30-13-31-23)21(32-34)15-4-6-17(28)7-5-15;24-23(25,26)14-2-1-3-16(10-14)32-22(35)31-15-6-4-13(5-7-15)19-18-20(27)29-12-30-21(18)34(33-19)17-8-9-28-11-17;1-20(2,3)29-19(28)26-9-8-14(10-26)27-18-15(17(22)23-11-24-18)16(25-27)12-4-6-13(21)7-5-12/h1-10,13,15,17,24H,11-12,14,16H2,(H2,39,40,41)(H2,42,43,48);1-7,10,13,18H,8-9,11-12,28H2,(H2,29,30,31);1-7,10,12,17,28H,8-9,11H2,(H2,27,29,30)(H2,31,32,35);4-7,11,14H,8-10,21H2,1-3H3,(H2,22,23,24)/t24-;18-;17-;14-/m0000/s1. The molecule has 0 bridgehead atoms. The summed E-state index contributed by atoms with van der Waals surface area (Å²) in [4.78, 5) is 102. The second-order valence-electron chi connectivity index (χ2n) is 36.0. The Hall–Kier alpha value is -17.4. The molecule has 4 aliphatic heterocycles. The number of halogens is 12. The van der Waals surface area contributed by atoms with Gasteiger partial charge in [0.2, 0.25) is 11.8 Å². The second kappa shape index (κ2) is 41.5. The van der Waals surface area contributed by atoms with E-state index in [2.05, 4.69) is 66.5 Å². The van der Waals surface area contributed by atoms with Crippen molar-refractivity contribution in [3.63, 3.8) is 0 Å². The van der Waals surface area contributed by atoms with Crippen LogP contribution in [0.15, 0.2) is 219 Å². The van der Waals surface area contributed by atoms with E-state index in [0.29, 0.717) is 164 Å². The summed E-state index contributed by atoms with van der Waals surface area (Å²) in [7, 11) is 0. The van der Waals surface area contributed by atoms with Crippen LogP contribution in [-0.2, 0) is 51.9 Å². The van der Waals surface area contributed by atoms with Gasteiger partial charge in [-0.15, -0.1) is 0 Å². The molecule has 8 aromatic heterocycles. The van der Waals surface area contributed by atoms with E-state index in [1.54, 1.807) is 84.7 Å². The molecule has 0 aliphatic carbocycles. The zero-order chi connectivity index (χ0) is 104. The number of urea groups is 2. The summed E-state index contributed by atoms with van der Waals surface area (Å²) in [5, 5.41) is 34.9. The van der Waals surface area contributed by atoms with Gasteiger partial charge in [-0.05, 0) is 161 Å². The Bertz CT molecular complexity index is 7580. The molecule has 0 radical (unpaired) electrons. The first-order valence-corrected chi connectivity index (χ1v) is 45.9. The van der Waals surface area contributed by atoms with Crippen molar-refractivity contribution in [2.75, 3.05) is 108 Å². The fourth-order valence-corrected chi connectivity index (χ4v) is 17.6. The van der Waals surface area contributed by atoms with Gasteiger partial charge in [0.15, 0.2) is 22.6 Å². The van der Waals surface area contributed by atoms with Crippen molar-refractivity contribution in [3.8, 4) is 45.0 Å². The van der Waals surface area contributed by atoms with Crippen LogP contribution in [0.5, 0.6) is 0 Å². The van der Waals surface area contributed by atoms with Gasteiger partial charge in [-0.3, -0.25) is 9.59 Å². The highest BCUT2D eigenvalue weighted by Gasteiger charge is 2.40. The van der Waals surface area contributed by atoms with Gasteiger partial charge in [-0.2, -0.15) is 73.1 Å². The number of nitrogens with one attached hydrogen (secondary N) is 5. The van der Waals surface area contributed by atoms with Crippen molar-refractivity contribution in [1.82, 2.24) is 99.0 Å². The summed E-state index contributed by atoms with van der Waals surface area (Å²) in [6, 6.07) is 44.5. The molecular formula is C99H94F12N30O6. The molecule has 4 saturated heterocycles. The number of aromatic nitrogens is 16. The topological polar surface area (TPSA) is 495 Å². The Balaban J connectivity index is 0.000000136. The summed E-state index contributed by atoms with van der Waals surface area (Å²) < 4.78 is 169. The Morgan fingerprint density at radius 3 is 0.959 bits per heavy atom. The predicted molar refractivity (Wildman–Crippen MR) is 526 cm³/mol. The molecule has 8 aromatic carbocycles. The number of carbonyl (C=O) groups excluding carboxylic acids is 5. The maximum Gasteiger partial charge on any atom is 0.416 e. The number of likely N-dealkylation sites (tertiary alicyclic amines) is 3. The number of benzene rings is 8. The number of hydrogen-bond donors (Lipinski definition) is 11. The van der Waals surface area contributed by atoms with Gasteiger partial charge < -0.3 is 80.4 Å². The van der Waals surface area contributed by atoms with E-state index in [-0.39, 0.29) is 84.2 Å². The summed E-state index contributed by atoms with van der Waals surface area (Å²) in [6.07, 6.45) is -10.3. The monoisotopic (exact) mass is 2030 g/mol. The van der Waals surface area contributed by atoms with Crippen molar-refractivity contribution in [3.05, 3.63) is 253 Å². The van der Waals surface area contributed by atoms with Crippen molar-refractivity contribution < 1.29 is 81.4 Å². The lowest BCUT2D eigenvalue weighted by Gasteiger charge is -2.24. The summed E-state index contributed by atoms with van der Waals surface area (Å²) in [5.41, 5.74) is 42.9. The number of amides is 7. The minimum Gasteiger partial charge on any atom is -0.444 e. The number of rotatable bonds is 16. The van der Waals surface area contributed by atoms with E-state index in [0.717, 1.165) is 91.2 Å². The molecule has 0 spiro atoms. The van der Waals surface area contributed by atoms with E-state index in [9.17, 15) is 76.7 Å². The lowest BCUT2D eigenvalue weighted by Crippen LogP contribution is -2.35. The summed E-state index contributed by atoms with van der Waals surface area (Å²) >= 11 is 0. The number of anilines is 10. The number of alkyl halides is 12. The first-order chi connectivity index (χ1) is 70.0. The van der Waals surface area contributed by atoms with Crippen LogP contribution in [0.3, 0.4) is 0 Å². The third-order valence-corrected chi connectivity index (χ3v) is 24.7. The molecule has 4 aliphatic rings. The molecule has 147 heavy (non-hydrogen) atoms. The molecule has 0 saturated carbocycles. The molecule has 48 heteroatoms. The van der Waals surface area contributed by atoms with Crippen LogP contribution in [0, 0.1) is 0 Å². The maximum absolute atomic E-state index is 13.1. The van der Waals surface area contributed by atoms with Crippen LogP contribution in [0.25, 0.3) is 89.2 Å². The molecule has 17 N–H and O–H groups in total. The van der Waals surface area contributed by atoms with Gasteiger partial charge in [0, 0.05) is 102 Å². The number of nitrogens with zero attached hydrogens (tertiary/aromatic N) is 19. The number of ether oxygens (including phenoxy) is 1. The first kappa shape index (κ1) is 101. The minimum absolute atomic E-state index is 0.0261. The molecule has 12 heterocycles. The Kier molecular flexibility index (Phi) is 28.6. The first-order valence-electron chi connectivity index (χ1n) is 45.9. The van der Waals surface area contributed by atoms with Gasteiger partial charge in [-0.1, -0.05) is 97.1 Å². The Labute approximate surface area is 827 Å². The smallest absolute Gasteiger partial charge is 0.416 e. The van der Waals surface area contributed by atoms with Crippen molar-refractivity contribution in [2.24, 2.45) is 0 Å². The van der Waals surface area contributed by atoms with E-state index >= 15 is 0 Å². The summed E-state index contributed by atoms with van der Waals surface area (Å²) in [6.45, 7) is 9.78. The predicted octanol–water partition coefficient (Wildman–Crippen LogP) is 17.6. The zero-order valence-electron chi connectivity index (χ0n) is 78.4. The Morgan fingerprint density at radius 1 is 0.354 bits per heavy atom. The lowest BCUT2D eigenvalue weighted by atomic mass is 10.1. The highest BCUT2D eigenvalue weighted by molar-refractivity contribution is 6.04. The van der Waals surface area contributed by atoms with E-state index in [4.69, 9.17) is 59.5 Å². The number of nitrogens with two attached hydrogens (primary N) is 6. The van der Waals surface area contributed by atoms with Gasteiger partial charge in [0.1, 0.15) is 77.0 Å². The molecule has 7 amide bonds. The Morgan fingerprint density at radius 2 is 0.646 bits per heavy atom. The molecule has 4 fully saturated rings. The van der Waals surface area contributed by atoms with Crippen LogP contribution in [-0.4, -0.2) is 182 Å². The number of hydrogen-bond acceptors (Lipinski definition) is 25. The van der Waals surface area contributed by atoms with Crippen LogP contribution >= 0.6 is 0 Å². The normalized spacial score (nSPS) is 16.0. The van der Waals surface area contributed by atoms with E-state index < -0.39 is 64.6 Å². The molecule has 0 unspecified atom stereocenters. The lowest BCUT2D eigenvalue weighted by molar-refractivity contribution is -0.138. The highest BCUT2D eigenvalue weighted by Crippen LogP contribution is 2.43. The quantitative estimate of drug-likeness (QED) is 0.0316. The zero-order valence-corrected chi connectivity index (χ0v) is 78.4. The molecule has 4 atom stereocenters. The van der Waals surface area contributed by atoms with Crippen molar-refractivity contribution in [1.29, 1.82) is 0 Å². The average molecular weight is 2030 g/mol. The van der Waals surface area contributed by atoms with Crippen LogP contribution in [0.2, 0.25) is 0 Å². The molecule has 16 aromatic rings. The van der Waals surface area contributed by atoms with Crippen LogP contribution in [0.1, 0.15) is 104 Å². The van der Waals surface area contributed by atoms with Crippen molar-refractivity contribution in [2.45, 2.75) is 114 Å². The highest BCUT2D eigenvalue weighted by atomic mass is 19.4. The van der Waals surface area contributed by atoms with Crippen LogP contribution in [0.4, 0.5) is 124 Å². The summed E-state index contributed by atoms with van der Waals surface area (Å²) in [5.74, 6) is 0.599. The fourth-order valence-electron chi connectivity index (χ4n) is 17.6. The third kappa shape index (κ3) is 23.3. The molecule has 760 valence electrons. The maximum atomic E-state index is 13.1. The average Bonchev–Trinajstić information content (AvgIpc) is 1.60. The van der Waals surface area contributed by atoms with Gasteiger partial charge >= 0.3 is 42.9 Å². The molecule has 20 rings (SSSR count). The van der Waals surface area contributed by atoms with Crippen molar-refractivity contribution >= 4 is 131 Å². The van der Waals surface area contributed by atoms with E-state index in [1.165, 1.54) is 73.8 Å². The van der Waals surface area contributed by atoms with Gasteiger partial charge in [0.25, 0.3) is 0 Å². The third-order valence-electron chi connectivity index (χ3n) is 24.7.